The van der Waals surface area contributed by atoms with Gasteiger partial charge in [-0.2, -0.15) is 0 Å². The first kappa shape index (κ1) is 20.9. The fraction of sp³-hybridized carbons (Fsp3) is 0.808. The Kier molecular flexibility index (Phi) is 7.03. The van der Waals surface area contributed by atoms with Crippen LogP contribution in [0.4, 0.5) is 0 Å². The van der Waals surface area contributed by atoms with Gasteiger partial charge in [-0.25, -0.2) is 0 Å². The predicted octanol–water partition coefficient (Wildman–Crippen LogP) is 7.98. The van der Waals surface area contributed by atoms with Crippen molar-refractivity contribution in [2.75, 3.05) is 0 Å². The van der Waals surface area contributed by atoms with Gasteiger partial charge in [0.15, 0.2) is 0 Å². The Bertz CT molecular complexity index is 565. The Labute approximate surface area is 168 Å². The molecule has 2 saturated carbocycles. The van der Waals surface area contributed by atoms with E-state index in [1.807, 2.05) is 6.21 Å². The number of hydrogen-bond acceptors (Lipinski definition) is 1. The summed E-state index contributed by atoms with van der Waals surface area (Å²) in [4.78, 5) is 4.77. The number of hydrogen-bond donors (Lipinski definition) is 0. The Morgan fingerprint density at radius 3 is 2.56 bits per heavy atom. The first-order valence-corrected chi connectivity index (χ1v) is 11.9. The minimum atomic E-state index is 0.632. The van der Waals surface area contributed by atoms with Gasteiger partial charge in [0.1, 0.15) is 0 Å². The smallest absolute Gasteiger partial charge is 0.0366 e. The molecule has 1 nitrogen and oxygen atoms in total. The largest absolute Gasteiger partial charge is 0.261 e. The van der Waals surface area contributed by atoms with Crippen molar-refractivity contribution in [3.05, 3.63) is 23.9 Å². The van der Waals surface area contributed by atoms with Gasteiger partial charge in [-0.15, -0.1) is 0 Å². The van der Waals surface area contributed by atoms with Crippen LogP contribution in [0.25, 0.3) is 0 Å². The molecule has 5 unspecified atom stereocenters. The van der Waals surface area contributed by atoms with Gasteiger partial charge in [0.2, 0.25) is 0 Å². The number of allylic oxidation sites excluding steroid dienone is 3. The second kappa shape index (κ2) is 9.10. The van der Waals surface area contributed by atoms with E-state index in [2.05, 4.69) is 40.3 Å². The minimum Gasteiger partial charge on any atom is -0.261 e. The summed E-state index contributed by atoms with van der Waals surface area (Å²) in [6.45, 7) is 14.0. The van der Waals surface area contributed by atoms with Crippen molar-refractivity contribution in [1.82, 2.24) is 0 Å². The molecular formula is C26H43N. The summed E-state index contributed by atoms with van der Waals surface area (Å²) >= 11 is 0. The molecule has 5 atom stereocenters. The Morgan fingerprint density at radius 2 is 1.96 bits per heavy atom. The fourth-order valence-electron chi connectivity index (χ4n) is 6.03. The van der Waals surface area contributed by atoms with E-state index in [1.54, 1.807) is 0 Å². The summed E-state index contributed by atoms with van der Waals surface area (Å²) in [5.74, 6) is 4.42. The zero-order chi connectivity index (χ0) is 19.4. The highest BCUT2D eigenvalue weighted by molar-refractivity contribution is 5.79. The van der Waals surface area contributed by atoms with Crippen LogP contribution in [-0.2, 0) is 0 Å². The van der Waals surface area contributed by atoms with Gasteiger partial charge in [-0.1, -0.05) is 72.5 Å². The molecule has 0 spiro atoms. The summed E-state index contributed by atoms with van der Waals surface area (Å²) in [6.07, 6.45) is 19.4. The molecule has 1 aliphatic heterocycles. The third kappa shape index (κ3) is 5.15. The van der Waals surface area contributed by atoms with Gasteiger partial charge in [0.05, 0.1) is 0 Å². The molecule has 2 fully saturated rings. The molecule has 0 aromatic heterocycles. The van der Waals surface area contributed by atoms with Crippen molar-refractivity contribution >= 4 is 6.21 Å². The third-order valence-corrected chi connectivity index (χ3v) is 8.39. The first-order chi connectivity index (χ1) is 13.0. The highest BCUT2D eigenvalue weighted by Gasteiger charge is 2.54. The van der Waals surface area contributed by atoms with Gasteiger partial charge in [-0.3, -0.25) is 4.99 Å². The van der Waals surface area contributed by atoms with E-state index in [9.17, 15) is 0 Å². The van der Waals surface area contributed by atoms with Crippen LogP contribution in [-0.4, -0.2) is 6.21 Å². The second-order valence-electron chi connectivity index (χ2n) is 10.3. The molecule has 152 valence electrons. The van der Waals surface area contributed by atoms with Crippen LogP contribution < -0.4 is 0 Å². The van der Waals surface area contributed by atoms with Crippen LogP contribution in [0, 0.1) is 35.0 Å². The summed E-state index contributed by atoms with van der Waals surface area (Å²) in [5, 5.41) is 0. The molecule has 0 saturated heterocycles. The molecule has 1 heteroatoms. The van der Waals surface area contributed by atoms with E-state index in [0.717, 1.165) is 36.5 Å². The molecule has 1 heterocycles. The Morgan fingerprint density at radius 1 is 1.26 bits per heavy atom. The van der Waals surface area contributed by atoms with Crippen LogP contribution in [0.5, 0.6) is 0 Å². The Balaban J connectivity index is 1.61. The van der Waals surface area contributed by atoms with Gasteiger partial charge in [0, 0.05) is 11.9 Å². The van der Waals surface area contributed by atoms with Crippen LogP contribution in [0.3, 0.4) is 0 Å². The second-order valence-corrected chi connectivity index (χ2v) is 10.3. The van der Waals surface area contributed by atoms with Crippen molar-refractivity contribution in [3.8, 4) is 0 Å². The molecular weight excluding hydrogens is 326 g/mol. The lowest BCUT2D eigenvalue weighted by atomic mass is 9.72. The van der Waals surface area contributed by atoms with Crippen LogP contribution in [0.2, 0.25) is 0 Å². The lowest BCUT2D eigenvalue weighted by Gasteiger charge is -2.33. The summed E-state index contributed by atoms with van der Waals surface area (Å²) in [6, 6.07) is 0. The van der Waals surface area contributed by atoms with Gasteiger partial charge in [0.25, 0.3) is 0 Å². The maximum atomic E-state index is 4.77. The van der Waals surface area contributed by atoms with Crippen molar-refractivity contribution in [3.63, 3.8) is 0 Å². The molecule has 0 N–H and O–H groups in total. The lowest BCUT2D eigenvalue weighted by Crippen LogP contribution is -2.25. The molecule has 0 aromatic carbocycles. The monoisotopic (exact) mass is 369 g/mol. The SMILES string of the molecule is C=C1C=NC(CCC(CC)CC(C2CCCC2)C2(C)CC2C)=CC(CC)C1. The van der Waals surface area contributed by atoms with E-state index in [1.165, 1.54) is 69.1 Å². The maximum Gasteiger partial charge on any atom is 0.0366 e. The fourth-order valence-corrected chi connectivity index (χ4v) is 6.03. The zero-order valence-electron chi connectivity index (χ0n) is 18.5. The highest BCUT2D eigenvalue weighted by Crippen LogP contribution is 2.62. The van der Waals surface area contributed by atoms with E-state index >= 15 is 0 Å². The predicted molar refractivity (Wildman–Crippen MR) is 119 cm³/mol. The minimum absolute atomic E-state index is 0.632. The molecule has 3 rings (SSSR count). The average Bonchev–Trinajstić information content (AvgIpc) is 3.05. The molecule has 2 aliphatic carbocycles. The number of aliphatic imine (C=N–C) groups is 1. The molecule has 0 radical (unpaired) electrons. The molecule has 0 aromatic rings. The summed E-state index contributed by atoms with van der Waals surface area (Å²) < 4.78 is 0. The highest BCUT2D eigenvalue weighted by atomic mass is 14.7. The molecule has 0 amide bonds. The van der Waals surface area contributed by atoms with Crippen molar-refractivity contribution in [2.24, 2.45) is 40.0 Å². The number of rotatable bonds is 9. The van der Waals surface area contributed by atoms with Crippen LogP contribution in [0.15, 0.2) is 28.9 Å². The standard InChI is InChI=1S/C26H43N/c1-6-21(12-13-24-15-22(7-2)14-19(3)18-27-24)16-25(23-10-8-9-11-23)26(5)17-20(26)4/h15,18,20-23,25H,3,6-14,16-17H2,1-2,4-5H3. The maximum absolute atomic E-state index is 4.77. The molecule has 3 aliphatic rings. The van der Waals surface area contributed by atoms with Crippen LogP contribution in [0.1, 0.15) is 98.3 Å². The Hall–Kier alpha value is -0.850. The average molecular weight is 370 g/mol. The van der Waals surface area contributed by atoms with Crippen LogP contribution >= 0.6 is 0 Å². The first-order valence-electron chi connectivity index (χ1n) is 11.9. The molecule has 0 bridgehead atoms. The lowest BCUT2D eigenvalue weighted by molar-refractivity contribution is 0.161. The van der Waals surface area contributed by atoms with E-state index < -0.39 is 0 Å². The van der Waals surface area contributed by atoms with Gasteiger partial charge < -0.3 is 0 Å². The summed E-state index contributed by atoms with van der Waals surface area (Å²) in [5.41, 5.74) is 3.16. The van der Waals surface area contributed by atoms with E-state index in [0.29, 0.717) is 11.3 Å². The quantitative estimate of drug-likeness (QED) is 0.390. The third-order valence-electron chi connectivity index (χ3n) is 8.39. The normalized spacial score (nSPS) is 33.6. The van der Waals surface area contributed by atoms with E-state index in [-0.39, 0.29) is 0 Å². The zero-order valence-corrected chi connectivity index (χ0v) is 18.5. The van der Waals surface area contributed by atoms with Crippen molar-refractivity contribution in [1.29, 1.82) is 0 Å². The van der Waals surface area contributed by atoms with E-state index in [4.69, 9.17) is 4.99 Å². The number of nitrogens with zero attached hydrogens (tertiary/aromatic N) is 1. The topological polar surface area (TPSA) is 12.4 Å². The summed E-state index contributed by atoms with van der Waals surface area (Å²) in [7, 11) is 0. The van der Waals surface area contributed by atoms with Gasteiger partial charge in [-0.05, 0) is 79.1 Å². The van der Waals surface area contributed by atoms with Gasteiger partial charge >= 0.3 is 0 Å². The van der Waals surface area contributed by atoms with Crippen molar-refractivity contribution < 1.29 is 0 Å². The van der Waals surface area contributed by atoms with Crippen molar-refractivity contribution in [2.45, 2.75) is 98.3 Å². The molecule has 27 heavy (non-hydrogen) atoms.